The van der Waals surface area contributed by atoms with Gasteiger partial charge in [-0.2, -0.15) is 0 Å². The first-order valence-electron chi connectivity index (χ1n) is 8.74. The van der Waals surface area contributed by atoms with Gasteiger partial charge in [0, 0.05) is 26.2 Å². The van der Waals surface area contributed by atoms with Gasteiger partial charge in [-0.25, -0.2) is 9.55 Å². The van der Waals surface area contributed by atoms with Gasteiger partial charge in [-0.05, 0) is 17.1 Å². The second-order valence-electron chi connectivity index (χ2n) is 6.41. The molecule has 0 aliphatic carbocycles. The molecule has 1 aliphatic rings. The van der Waals surface area contributed by atoms with E-state index in [4.69, 9.17) is 11.6 Å². The highest BCUT2D eigenvalue weighted by molar-refractivity contribution is 7.18. The molecule has 1 aliphatic heterocycles. The van der Waals surface area contributed by atoms with Crippen LogP contribution in [0.4, 0.5) is 10.9 Å². The van der Waals surface area contributed by atoms with Gasteiger partial charge in [0.1, 0.15) is 6.20 Å². The van der Waals surface area contributed by atoms with Crippen LogP contribution in [0.2, 0.25) is 5.02 Å². The average molecular weight is 434 g/mol. The maximum atomic E-state index is 12.7. The van der Waals surface area contributed by atoms with E-state index < -0.39 is 4.92 Å². The molecule has 3 heterocycles. The van der Waals surface area contributed by atoms with E-state index in [9.17, 15) is 14.9 Å². The number of carbonyl (C=O) groups excluding carboxylic acids is 1. The number of aromatic nitrogens is 4. The van der Waals surface area contributed by atoms with Crippen LogP contribution in [0.5, 0.6) is 0 Å². The molecule has 0 radical (unpaired) electrons. The van der Waals surface area contributed by atoms with Crippen LogP contribution in [0, 0.1) is 10.1 Å². The molecule has 0 spiro atoms. The summed E-state index contributed by atoms with van der Waals surface area (Å²) < 4.78 is 1.38. The first-order chi connectivity index (χ1) is 14.0. The summed E-state index contributed by atoms with van der Waals surface area (Å²) in [6.45, 7) is 2.27. The van der Waals surface area contributed by atoms with E-state index in [1.54, 1.807) is 36.2 Å². The number of anilines is 1. The van der Waals surface area contributed by atoms with Crippen molar-refractivity contribution in [1.82, 2.24) is 24.6 Å². The van der Waals surface area contributed by atoms with Gasteiger partial charge < -0.3 is 19.9 Å². The molecule has 0 bridgehead atoms. The largest absolute Gasteiger partial charge is 0.358 e. The molecule has 1 saturated heterocycles. The lowest BCUT2D eigenvalue weighted by Gasteiger charge is -2.34. The highest BCUT2D eigenvalue weighted by Gasteiger charge is 2.27. The topological polar surface area (TPSA) is 110 Å². The molecular formula is C17H16ClN7O3S. The molecule has 2 aromatic heterocycles. The summed E-state index contributed by atoms with van der Waals surface area (Å²) in [5.41, 5.74) is 0.497. The average Bonchev–Trinajstić information content (AvgIpc) is 3.34. The lowest BCUT2D eigenvalue weighted by Crippen LogP contribution is -2.48. The lowest BCUT2D eigenvalue weighted by molar-refractivity contribution is -0.391. The highest BCUT2D eigenvalue weighted by Crippen LogP contribution is 2.30. The van der Waals surface area contributed by atoms with Crippen molar-refractivity contribution in [3.8, 4) is 10.8 Å². The van der Waals surface area contributed by atoms with Crippen LogP contribution in [-0.4, -0.2) is 61.7 Å². The molecule has 0 atom stereocenters. The van der Waals surface area contributed by atoms with Gasteiger partial charge in [-0.1, -0.05) is 35.1 Å². The molecule has 1 fully saturated rings. The van der Waals surface area contributed by atoms with Gasteiger partial charge in [0.25, 0.3) is 11.7 Å². The van der Waals surface area contributed by atoms with Gasteiger partial charge in [-0.3, -0.25) is 4.79 Å². The van der Waals surface area contributed by atoms with E-state index in [0.29, 0.717) is 52.7 Å². The molecule has 0 N–H and O–H groups in total. The minimum Gasteiger partial charge on any atom is -0.358 e. The van der Waals surface area contributed by atoms with Gasteiger partial charge in [-0.15, -0.1) is 10.2 Å². The van der Waals surface area contributed by atoms with Crippen molar-refractivity contribution in [2.45, 2.75) is 0 Å². The van der Waals surface area contributed by atoms with E-state index >= 15 is 0 Å². The number of hydrogen-bond donors (Lipinski definition) is 0. The molecule has 10 nitrogen and oxygen atoms in total. The number of halogens is 1. The van der Waals surface area contributed by atoms with E-state index in [2.05, 4.69) is 15.2 Å². The Labute approximate surface area is 174 Å². The van der Waals surface area contributed by atoms with Gasteiger partial charge in [0.15, 0.2) is 0 Å². The fraction of sp³-hybridized carbons (Fsp3) is 0.294. The molecule has 4 rings (SSSR count). The fourth-order valence-electron chi connectivity index (χ4n) is 3.11. The summed E-state index contributed by atoms with van der Waals surface area (Å²) in [5.74, 6) is 0.199. The third-order valence-corrected chi connectivity index (χ3v) is 6.01. The van der Waals surface area contributed by atoms with Crippen molar-refractivity contribution in [3.63, 3.8) is 0 Å². The Bertz CT molecular complexity index is 1070. The zero-order valence-corrected chi connectivity index (χ0v) is 16.9. The second-order valence-corrected chi connectivity index (χ2v) is 7.77. The van der Waals surface area contributed by atoms with Crippen LogP contribution in [-0.2, 0) is 7.05 Å². The van der Waals surface area contributed by atoms with E-state index in [1.165, 1.54) is 22.1 Å². The number of carbonyl (C=O) groups is 1. The van der Waals surface area contributed by atoms with Crippen LogP contribution in [0.25, 0.3) is 10.8 Å². The monoisotopic (exact) mass is 433 g/mol. The molecule has 3 aromatic rings. The summed E-state index contributed by atoms with van der Waals surface area (Å²) in [5, 5.41) is 21.0. The fourth-order valence-corrected chi connectivity index (χ4v) is 4.25. The second kappa shape index (κ2) is 7.76. The minimum absolute atomic E-state index is 0.0893. The van der Waals surface area contributed by atoms with Crippen LogP contribution in [0.3, 0.4) is 0 Å². The van der Waals surface area contributed by atoms with E-state index in [1.807, 2.05) is 4.90 Å². The number of nitro groups is 1. The predicted octanol–water partition coefficient (Wildman–Crippen LogP) is 2.46. The Hall–Kier alpha value is -3.05. The third kappa shape index (κ3) is 3.66. The summed E-state index contributed by atoms with van der Waals surface area (Å²) >= 11 is 7.45. The maximum Gasteiger partial charge on any atom is 0.342 e. The standard InChI is InChI=1S/C17H16ClN7O3S/c1-22-13(25(27)28)10-19-14(22)15-20-21-17(29-15)24-8-6-23(7-9-24)16(26)11-4-2-3-5-12(11)18/h2-5,10H,6-9H2,1H3. The Morgan fingerprint density at radius 2 is 1.93 bits per heavy atom. The van der Waals surface area contributed by atoms with Gasteiger partial charge in [0.05, 0.1) is 17.6 Å². The smallest absolute Gasteiger partial charge is 0.342 e. The number of imidazole rings is 1. The van der Waals surface area contributed by atoms with Crippen molar-refractivity contribution in [1.29, 1.82) is 0 Å². The zero-order chi connectivity index (χ0) is 20.5. The maximum absolute atomic E-state index is 12.7. The predicted molar refractivity (Wildman–Crippen MR) is 108 cm³/mol. The van der Waals surface area contributed by atoms with Crippen molar-refractivity contribution < 1.29 is 9.72 Å². The van der Waals surface area contributed by atoms with Gasteiger partial charge in [0.2, 0.25) is 10.1 Å². The number of rotatable bonds is 4. The molecule has 0 unspecified atom stereocenters. The lowest BCUT2D eigenvalue weighted by atomic mass is 10.2. The van der Waals surface area contributed by atoms with Crippen LogP contribution in [0.15, 0.2) is 30.5 Å². The molecule has 150 valence electrons. The summed E-state index contributed by atoms with van der Waals surface area (Å²) in [6.07, 6.45) is 1.20. The Balaban J connectivity index is 1.44. The van der Waals surface area contributed by atoms with Crippen LogP contribution in [0.1, 0.15) is 10.4 Å². The molecule has 12 heteroatoms. The summed E-state index contributed by atoms with van der Waals surface area (Å²) in [6, 6.07) is 7.01. The first-order valence-corrected chi connectivity index (χ1v) is 9.94. The number of piperazine rings is 1. The SMILES string of the molecule is Cn1c([N+](=O)[O-])cnc1-c1nnc(N2CCN(C(=O)c3ccccc3Cl)CC2)s1. The molecule has 1 amide bonds. The Kier molecular flexibility index (Phi) is 5.16. The van der Waals surface area contributed by atoms with Crippen molar-refractivity contribution >= 4 is 39.8 Å². The molecule has 1 aromatic carbocycles. The van der Waals surface area contributed by atoms with Crippen molar-refractivity contribution in [3.05, 3.63) is 51.2 Å². The minimum atomic E-state index is -0.492. The van der Waals surface area contributed by atoms with E-state index in [0.717, 1.165) is 0 Å². The van der Waals surface area contributed by atoms with Crippen molar-refractivity contribution in [2.24, 2.45) is 7.05 Å². The number of hydrogen-bond acceptors (Lipinski definition) is 8. The summed E-state index contributed by atoms with van der Waals surface area (Å²) in [7, 11) is 1.57. The zero-order valence-electron chi connectivity index (χ0n) is 15.4. The van der Waals surface area contributed by atoms with E-state index in [-0.39, 0.29) is 11.7 Å². The Morgan fingerprint density at radius 1 is 1.21 bits per heavy atom. The van der Waals surface area contributed by atoms with Gasteiger partial charge >= 0.3 is 5.82 Å². The quantitative estimate of drug-likeness (QED) is 0.459. The molecule has 29 heavy (non-hydrogen) atoms. The van der Waals surface area contributed by atoms with Crippen LogP contribution >= 0.6 is 22.9 Å². The van der Waals surface area contributed by atoms with Crippen LogP contribution < -0.4 is 4.90 Å². The normalized spacial score (nSPS) is 14.3. The highest BCUT2D eigenvalue weighted by atomic mass is 35.5. The number of benzene rings is 1. The molecule has 0 saturated carbocycles. The Morgan fingerprint density at radius 3 is 2.59 bits per heavy atom. The molecular weight excluding hydrogens is 418 g/mol. The first kappa shape index (κ1) is 19.3. The van der Waals surface area contributed by atoms with Crippen molar-refractivity contribution in [2.75, 3.05) is 31.1 Å². The summed E-state index contributed by atoms with van der Waals surface area (Å²) in [4.78, 5) is 31.1. The third-order valence-electron chi connectivity index (χ3n) is 4.70. The number of nitrogens with zero attached hydrogens (tertiary/aromatic N) is 7. The number of amides is 1.